The molecule has 0 spiro atoms. The fraction of sp³-hybridized carbons (Fsp3) is 0.400. The van der Waals surface area contributed by atoms with Gasteiger partial charge in [-0.25, -0.2) is 17.5 Å². The summed E-state index contributed by atoms with van der Waals surface area (Å²) in [5.74, 6) is -0.523. The molecule has 0 fully saturated rings. The number of hydrogen-bond donors (Lipinski definition) is 2. The van der Waals surface area contributed by atoms with Crippen molar-refractivity contribution in [2.75, 3.05) is 6.61 Å². The lowest BCUT2D eigenvalue weighted by Gasteiger charge is -2.15. The van der Waals surface area contributed by atoms with Crippen LogP contribution in [0.3, 0.4) is 0 Å². The maximum Gasteiger partial charge on any atom is 0.242 e. The maximum absolute atomic E-state index is 12.8. The molecule has 0 saturated heterocycles. The molecule has 0 aliphatic carbocycles. The number of aliphatic hydroxyl groups excluding tert-OH is 1. The van der Waals surface area contributed by atoms with Gasteiger partial charge in [0, 0.05) is 10.5 Å². The highest BCUT2D eigenvalue weighted by atomic mass is 79.9. The normalized spacial score (nSPS) is 13.6. The van der Waals surface area contributed by atoms with Gasteiger partial charge in [0.15, 0.2) is 0 Å². The molecular formula is C10H13BrFNO3S. The monoisotopic (exact) mass is 325 g/mol. The summed E-state index contributed by atoms with van der Waals surface area (Å²) in [7, 11) is -3.75. The second kappa shape index (κ2) is 5.90. The third-order valence-electron chi connectivity index (χ3n) is 2.22. The summed E-state index contributed by atoms with van der Waals surface area (Å²) in [6.07, 6.45) is 0.467. The van der Waals surface area contributed by atoms with Gasteiger partial charge in [0.2, 0.25) is 10.0 Å². The van der Waals surface area contributed by atoms with Crippen molar-refractivity contribution >= 4 is 26.0 Å². The van der Waals surface area contributed by atoms with E-state index in [4.69, 9.17) is 5.11 Å². The van der Waals surface area contributed by atoms with Crippen LogP contribution in [0, 0.1) is 5.82 Å². The van der Waals surface area contributed by atoms with Crippen LogP contribution in [0.4, 0.5) is 4.39 Å². The summed E-state index contributed by atoms with van der Waals surface area (Å²) in [6, 6.07) is 2.77. The molecule has 4 nitrogen and oxygen atoms in total. The highest BCUT2D eigenvalue weighted by Crippen LogP contribution is 2.22. The number of aliphatic hydroxyl groups is 1. The fourth-order valence-electron chi connectivity index (χ4n) is 1.23. The molecule has 7 heteroatoms. The zero-order chi connectivity index (χ0) is 13.1. The number of nitrogens with one attached hydrogen (secondary N) is 1. The van der Waals surface area contributed by atoms with Crippen LogP contribution in [0.5, 0.6) is 0 Å². The molecule has 1 rings (SSSR count). The molecule has 1 atom stereocenters. The molecule has 96 valence electrons. The Labute approximate surface area is 108 Å². The third kappa shape index (κ3) is 3.74. The second-order valence-corrected chi connectivity index (χ2v) is 6.02. The fourth-order valence-corrected chi connectivity index (χ4v) is 3.59. The van der Waals surface area contributed by atoms with Crippen LogP contribution >= 0.6 is 15.9 Å². The summed E-state index contributed by atoms with van der Waals surface area (Å²) in [5, 5.41) is 8.95. The predicted molar refractivity (Wildman–Crippen MR) is 65.6 cm³/mol. The summed E-state index contributed by atoms with van der Waals surface area (Å²) in [5.41, 5.74) is 0. The highest BCUT2D eigenvalue weighted by molar-refractivity contribution is 9.10. The first-order valence-electron chi connectivity index (χ1n) is 4.99. The van der Waals surface area contributed by atoms with Crippen LogP contribution in [0.25, 0.3) is 0 Å². The largest absolute Gasteiger partial charge is 0.395 e. The first kappa shape index (κ1) is 14.6. The lowest BCUT2D eigenvalue weighted by Crippen LogP contribution is -2.37. The lowest BCUT2D eigenvalue weighted by molar-refractivity contribution is 0.254. The third-order valence-corrected chi connectivity index (χ3v) is 4.72. The number of rotatable bonds is 5. The highest BCUT2D eigenvalue weighted by Gasteiger charge is 2.21. The van der Waals surface area contributed by atoms with Crippen LogP contribution in [-0.2, 0) is 10.0 Å². The van der Waals surface area contributed by atoms with Gasteiger partial charge in [-0.15, -0.1) is 0 Å². The van der Waals surface area contributed by atoms with Gasteiger partial charge >= 0.3 is 0 Å². The van der Waals surface area contributed by atoms with Gasteiger partial charge in [-0.3, -0.25) is 0 Å². The molecule has 17 heavy (non-hydrogen) atoms. The van der Waals surface area contributed by atoms with Gasteiger partial charge in [0.05, 0.1) is 11.5 Å². The van der Waals surface area contributed by atoms with E-state index < -0.39 is 21.9 Å². The molecule has 0 amide bonds. The Kier molecular flexibility index (Phi) is 5.05. The van der Waals surface area contributed by atoms with Crippen LogP contribution in [0.15, 0.2) is 27.6 Å². The van der Waals surface area contributed by atoms with E-state index in [1.54, 1.807) is 6.92 Å². The smallest absolute Gasteiger partial charge is 0.242 e. The Morgan fingerprint density at radius 3 is 2.65 bits per heavy atom. The Hall–Kier alpha value is -0.500. The van der Waals surface area contributed by atoms with Gasteiger partial charge in [-0.1, -0.05) is 6.92 Å². The molecule has 0 unspecified atom stereocenters. The first-order valence-corrected chi connectivity index (χ1v) is 7.26. The Morgan fingerprint density at radius 1 is 1.53 bits per heavy atom. The van der Waals surface area contributed by atoms with Gasteiger partial charge < -0.3 is 5.11 Å². The van der Waals surface area contributed by atoms with E-state index in [9.17, 15) is 12.8 Å². The zero-order valence-corrected chi connectivity index (χ0v) is 11.6. The van der Waals surface area contributed by atoms with E-state index in [-0.39, 0.29) is 16.0 Å². The van der Waals surface area contributed by atoms with Crippen LogP contribution in [0.2, 0.25) is 0 Å². The molecule has 2 N–H and O–H groups in total. The molecule has 1 aromatic carbocycles. The van der Waals surface area contributed by atoms with E-state index >= 15 is 0 Å². The number of benzene rings is 1. The van der Waals surface area contributed by atoms with Crippen LogP contribution < -0.4 is 4.72 Å². The van der Waals surface area contributed by atoms with Gasteiger partial charge in [-0.2, -0.15) is 0 Å². The van der Waals surface area contributed by atoms with E-state index in [1.807, 2.05) is 0 Å². The van der Waals surface area contributed by atoms with Crippen molar-refractivity contribution in [2.24, 2.45) is 0 Å². The minimum atomic E-state index is -3.75. The van der Waals surface area contributed by atoms with Crippen LogP contribution in [0.1, 0.15) is 13.3 Å². The minimum Gasteiger partial charge on any atom is -0.395 e. The quantitative estimate of drug-likeness (QED) is 0.864. The molecular weight excluding hydrogens is 313 g/mol. The molecule has 0 heterocycles. The van der Waals surface area contributed by atoms with Crippen molar-refractivity contribution in [1.29, 1.82) is 0 Å². The van der Waals surface area contributed by atoms with Crippen molar-refractivity contribution < 1.29 is 17.9 Å². The summed E-state index contributed by atoms with van der Waals surface area (Å²) in [4.78, 5) is -0.0502. The van der Waals surface area contributed by atoms with Crippen LogP contribution in [-0.4, -0.2) is 26.2 Å². The number of sulfonamides is 1. The topological polar surface area (TPSA) is 66.4 Å². The van der Waals surface area contributed by atoms with Crippen molar-refractivity contribution in [3.8, 4) is 0 Å². The van der Waals surface area contributed by atoms with E-state index in [1.165, 1.54) is 6.07 Å². The molecule has 0 saturated carbocycles. The van der Waals surface area contributed by atoms with Crippen molar-refractivity contribution in [3.63, 3.8) is 0 Å². The molecule has 0 aliphatic rings. The van der Waals surface area contributed by atoms with Gasteiger partial charge in [0.25, 0.3) is 0 Å². The summed E-state index contributed by atoms with van der Waals surface area (Å²) < 4.78 is 39.2. The molecule has 1 aromatic rings. The standard InChI is InChI=1S/C10H13BrFNO3S/c1-2-8(6-14)13-17(15,16)10-4-3-7(12)5-9(10)11/h3-5,8,13-14H,2,6H2,1H3/t8-/m0/s1. The SMILES string of the molecule is CC[C@@H](CO)NS(=O)(=O)c1ccc(F)cc1Br. The van der Waals surface area contributed by atoms with E-state index in [0.717, 1.165) is 12.1 Å². The van der Waals surface area contributed by atoms with Crippen molar-refractivity contribution in [1.82, 2.24) is 4.72 Å². The molecule has 0 aromatic heterocycles. The maximum atomic E-state index is 12.8. The first-order chi connectivity index (χ1) is 7.90. The average Bonchev–Trinajstić information content (AvgIpc) is 2.25. The molecule has 0 radical (unpaired) electrons. The Bertz CT molecular complexity index is 488. The summed E-state index contributed by atoms with van der Waals surface area (Å²) >= 11 is 3.00. The van der Waals surface area contributed by atoms with Gasteiger partial charge in [-0.05, 0) is 40.5 Å². The van der Waals surface area contributed by atoms with Crippen molar-refractivity contribution in [2.45, 2.75) is 24.3 Å². The number of halogens is 2. The van der Waals surface area contributed by atoms with E-state index in [2.05, 4.69) is 20.7 Å². The zero-order valence-electron chi connectivity index (χ0n) is 9.15. The Balaban J connectivity index is 3.05. The van der Waals surface area contributed by atoms with Gasteiger partial charge in [0.1, 0.15) is 5.82 Å². The second-order valence-electron chi connectivity index (χ2n) is 3.48. The number of hydrogen-bond acceptors (Lipinski definition) is 3. The van der Waals surface area contributed by atoms with Crippen molar-refractivity contribution in [3.05, 3.63) is 28.5 Å². The predicted octanol–water partition coefficient (Wildman–Crippen LogP) is 1.64. The van der Waals surface area contributed by atoms with E-state index in [0.29, 0.717) is 6.42 Å². The minimum absolute atomic E-state index is 0.0502. The Morgan fingerprint density at radius 2 is 2.18 bits per heavy atom. The molecule has 0 aliphatic heterocycles. The lowest BCUT2D eigenvalue weighted by atomic mass is 10.3. The average molecular weight is 326 g/mol. The molecule has 0 bridgehead atoms. The summed E-state index contributed by atoms with van der Waals surface area (Å²) in [6.45, 7) is 1.47.